The Balaban J connectivity index is 2.47. The first-order valence-corrected chi connectivity index (χ1v) is 2.94. The van der Waals surface area contributed by atoms with Gasteiger partial charge in [-0.3, -0.25) is 10.1 Å². The van der Waals surface area contributed by atoms with Crippen molar-refractivity contribution in [3.8, 4) is 0 Å². The summed E-state index contributed by atoms with van der Waals surface area (Å²) in [4.78, 5) is 20.4. The van der Waals surface area contributed by atoms with Gasteiger partial charge in [0.1, 0.15) is 6.04 Å². The standard InChI is InChI=1S/C5H7NO5/c7-4(8)2-1-11-3(6-2)5(9)10/h2-3,6H,1H2,(H,7,8)(H,9,10). The maximum atomic E-state index is 10.2. The molecule has 6 heteroatoms. The minimum Gasteiger partial charge on any atom is -0.480 e. The monoisotopic (exact) mass is 161 g/mol. The summed E-state index contributed by atoms with van der Waals surface area (Å²) in [5, 5.41) is 19.0. The van der Waals surface area contributed by atoms with Gasteiger partial charge < -0.3 is 14.9 Å². The van der Waals surface area contributed by atoms with Crippen LogP contribution in [0.5, 0.6) is 0 Å². The molecule has 1 fully saturated rings. The average Bonchev–Trinajstić information content (AvgIpc) is 2.33. The second kappa shape index (κ2) is 2.85. The molecule has 0 aromatic carbocycles. The zero-order chi connectivity index (χ0) is 8.43. The Morgan fingerprint density at radius 2 is 2.00 bits per heavy atom. The van der Waals surface area contributed by atoms with Crippen LogP contribution in [0, 0.1) is 0 Å². The summed E-state index contributed by atoms with van der Waals surface area (Å²) >= 11 is 0. The molecule has 6 nitrogen and oxygen atoms in total. The SMILES string of the molecule is O=C(O)C1COC(C(=O)O)N1. The first-order valence-electron chi connectivity index (χ1n) is 2.94. The van der Waals surface area contributed by atoms with E-state index in [1.807, 2.05) is 0 Å². The smallest absolute Gasteiger partial charge is 0.348 e. The molecule has 0 bridgehead atoms. The van der Waals surface area contributed by atoms with Crippen molar-refractivity contribution in [2.75, 3.05) is 6.61 Å². The van der Waals surface area contributed by atoms with E-state index in [2.05, 4.69) is 10.1 Å². The molecular formula is C5H7NO5. The van der Waals surface area contributed by atoms with Crippen LogP contribution in [0.3, 0.4) is 0 Å². The number of rotatable bonds is 2. The maximum absolute atomic E-state index is 10.2. The number of aliphatic carboxylic acids is 2. The molecule has 1 aliphatic heterocycles. The average molecular weight is 161 g/mol. The van der Waals surface area contributed by atoms with Crippen LogP contribution in [0.1, 0.15) is 0 Å². The number of nitrogens with one attached hydrogen (secondary N) is 1. The van der Waals surface area contributed by atoms with Crippen molar-refractivity contribution < 1.29 is 24.5 Å². The van der Waals surface area contributed by atoms with Crippen LogP contribution in [-0.4, -0.2) is 41.0 Å². The molecule has 0 aromatic heterocycles. The molecule has 1 heterocycles. The van der Waals surface area contributed by atoms with Gasteiger partial charge in [-0.2, -0.15) is 0 Å². The van der Waals surface area contributed by atoms with Crippen LogP contribution in [-0.2, 0) is 14.3 Å². The third-order valence-electron chi connectivity index (χ3n) is 1.30. The van der Waals surface area contributed by atoms with E-state index in [-0.39, 0.29) is 6.61 Å². The molecule has 2 atom stereocenters. The largest absolute Gasteiger partial charge is 0.480 e. The lowest BCUT2D eigenvalue weighted by atomic mass is 10.3. The van der Waals surface area contributed by atoms with Gasteiger partial charge in [0.2, 0.25) is 6.23 Å². The van der Waals surface area contributed by atoms with Gasteiger partial charge in [-0.15, -0.1) is 0 Å². The number of carboxylic acid groups (broad SMARTS) is 2. The van der Waals surface area contributed by atoms with E-state index in [9.17, 15) is 9.59 Å². The highest BCUT2D eigenvalue weighted by Crippen LogP contribution is 2.02. The third-order valence-corrected chi connectivity index (χ3v) is 1.30. The Hall–Kier alpha value is -1.14. The second-order valence-electron chi connectivity index (χ2n) is 2.11. The molecule has 62 valence electrons. The fourth-order valence-corrected chi connectivity index (χ4v) is 0.757. The lowest BCUT2D eigenvalue weighted by Crippen LogP contribution is -2.40. The van der Waals surface area contributed by atoms with Crippen molar-refractivity contribution >= 4 is 11.9 Å². The van der Waals surface area contributed by atoms with Crippen molar-refractivity contribution in [3.63, 3.8) is 0 Å². The molecule has 0 aromatic rings. The lowest BCUT2D eigenvalue weighted by molar-refractivity contribution is -0.148. The Morgan fingerprint density at radius 3 is 2.27 bits per heavy atom. The molecule has 3 N–H and O–H groups in total. The Bertz CT molecular complexity index is 171. The van der Waals surface area contributed by atoms with Crippen molar-refractivity contribution in [1.82, 2.24) is 5.32 Å². The highest BCUT2D eigenvalue weighted by atomic mass is 16.5. The summed E-state index contributed by atoms with van der Waals surface area (Å²) in [7, 11) is 0. The van der Waals surface area contributed by atoms with Gasteiger partial charge in [0, 0.05) is 0 Å². The Morgan fingerprint density at radius 1 is 1.36 bits per heavy atom. The van der Waals surface area contributed by atoms with Crippen LogP contribution in [0.2, 0.25) is 0 Å². The summed E-state index contributed by atoms with van der Waals surface area (Å²) in [6.07, 6.45) is -1.18. The van der Waals surface area contributed by atoms with Gasteiger partial charge >= 0.3 is 11.9 Å². The summed E-state index contributed by atoms with van der Waals surface area (Å²) in [5.41, 5.74) is 0. The fraction of sp³-hybridized carbons (Fsp3) is 0.600. The minimum atomic E-state index is -1.20. The molecule has 0 radical (unpaired) electrons. The first-order chi connectivity index (χ1) is 5.11. The number of hydrogen-bond acceptors (Lipinski definition) is 4. The molecule has 1 aliphatic rings. The Kier molecular flexibility index (Phi) is 2.06. The quantitative estimate of drug-likeness (QED) is 0.454. The fourth-order valence-electron chi connectivity index (χ4n) is 0.757. The van der Waals surface area contributed by atoms with Crippen LogP contribution >= 0.6 is 0 Å². The van der Waals surface area contributed by atoms with Crippen LogP contribution in [0.15, 0.2) is 0 Å². The first kappa shape index (κ1) is 7.96. The summed E-state index contributed by atoms with van der Waals surface area (Å²) < 4.78 is 4.60. The van der Waals surface area contributed by atoms with E-state index in [4.69, 9.17) is 10.2 Å². The van der Waals surface area contributed by atoms with Crippen molar-refractivity contribution in [3.05, 3.63) is 0 Å². The number of carbonyl (C=O) groups is 2. The number of carboxylic acids is 2. The Labute approximate surface area is 61.8 Å². The predicted molar refractivity (Wildman–Crippen MR) is 31.9 cm³/mol. The molecule has 1 saturated heterocycles. The molecular weight excluding hydrogens is 154 g/mol. The summed E-state index contributed by atoms with van der Waals surface area (Å²) in [5.74, 6) is -2.30. The molecule has 0 saturated carbocycles. The van der Waals surface area contributed by atoms with Gasteiger partial charge in [0.15, 0.2) is 0 Å². The lowest BCUT2D eigenvalue weighted by Gasteiger charge is -2.02. The van der Waals surface area contributed by atoms with E-state index < -0.39 is 24.2 Å². The van der Waals surface area contributed by atoms with Crippen LogP contribution in [0.25, 0.3) is 0 Å². The molecule has 0 aliphatic carbocycles. The molecule has 11 heavy (non-hydrogen) atoms. The van der Waals surface area contributed by atoms with Gasteiger partial charge in [0.05, 0.1) is 6.61 Å². The van der Waals surface area contributed by atoms with E-state index in [0.29, 0.717) is 0 Å². The predicted octanol–water partition coefficient (Wildman–Crippen LogP) is -1.53. The van der Waals surface area contributed by atoms with Crippen molar-refractivity contribution in [1.29, 1.82) is 0 Å². The summed E-state index contributed by atoms with van der Waals surface area (Å²) in [6, 6.07) is -0.906. The zero-order valence-corrected chi connectivity index (χ0v) is 5.48. The van der Waals surface area contributed by atoms with Crippen LogP contribution in [0.4, 0.5) is 0 Å². The highest BCUT2D eigenvalue weighted by molar-refractivity contribution is 5.77. The molecule has 0 amide bonds. The van der Waals surface area contributed by atoms with Crippen molar-refractivity contribution in [2.45, 2.75) is 12.3 Å². The van der Waals surface area contributed by atoms with E-state index >= 15 is 0 Å². The minimum absolute atomic E-state index is 0.105. The molecule has 1 rings (SSSR count). The summed E-state index contributed by atoms with van der Waals surface area (Å²) in [6.45, 7) is -0.105. The van der Waals surface area contributed by atoms with E-state index in [0.717, 1.165) is 0 Å². The third kappa shape index (κ3) is 1.66. The zero-order valence-electron chi connectivity index (χ0n) is 5.48. The van der Waals surface area contributed by atoms with Gasteiger partial charge in [0.25, 0.3) is 0 Å². The normalized spacial score (nSPS) is 30.2. The van der Waals surface area contributed by atoms with E-state index in [1.165, 1.54) is 0 Å². The van der Waals surface area contributed by atoms with Gasteiger partial charge in [-0.05, 0) is 0 Å². The molecule has 0 spiro atoms. The van der Waals surface area contributed by atoms with Crippen molar-refractivity contribution in [2.24, 2.45) is 0 Å². The topological polar surface area (TPSA) is 95.9 Å². The second-order valence-corrected chi connectivity index (χ2v) is 2.11. The van der Waals surface area contributed by atoms with Gasteiger partial charge in [-0.1, -0.05) is 0 Å². The molecule has 2 unspecified atom stereocenters. The van der Waals surface area contributed by atoms with Crippen LogP contribution < -0.4 is 5.32 Å². The number of ether oxygens (including phenoxy) is 1. The van der Waals surface area contributed by atoms with Gasteiger partial charge in [-0.25, -0.2) is 4.79 Å². The number of hydrogen-bond donors (Lipinski definition) is 3. The van der Waals surface area contributed by atoms with E-state index in [1.54, 1.807) is 0 Å². The highest BCUT2D eigenvalue weighted by Gasteiger charge is 2.33. The maximum Gasteiger partial charge on any atom is 0.348 e.